The van der Waals surface area contributed by atoms with Gasteiger partial charge >= 0.3 is 0 Å². The van der Waals surface area contributed by atoms with E-state index in [9.17, 15) is 8.42 Å². The summed E-state index contributed by atoms with van der Waals surface area (Å²) >= 11 is 0. The number of sulfonamides is 1. The molecule has 1 aromatic carbocycles. The fourth-order valence-electron chi connectivity index (χ4n) is 1.92. The molecule has 114 valence electrons. The van der Waals surface area contributed by atoms with Crippen LogP contribution in [0, 0.1) is 6.92 Å². The molecule has 0 spiro atoms. The molecule has 0 atom stereocenters. The molecule has 2 rings (SSSR count). The topological polar surface area (TPSA) is 84.2 Å². The summed E-state index contributed by atoms with van der Waals surface area (Å²) in [7, 11) is -3.70. The van der Waals surface area contributed by atoms with Crippen LogP contribution in [0.3, 0.4) is 0 Å². The standard InChI is InChI=1S/C14H19N3O3S/c1-10(2)17-8-13(7-15-17)16-21(19,20)14-6-12(9-18)5-4-11(14)3/h4-8,10,16,18H,9H2,1-3H3. The number of hydrogen-bond donors (Lipinski definition) is 2. The Morgan fingerprint density at radius 3 is 2.67 bits per heavy atom. The number of aliphatic hydroxyl groups is 1. The Hall–Kier alpha value is -1.86. The van der Waals surface area contributed by atoms with Gasteiger partial charge in [0.2, 0.25) is 0 Å². The maximum absolute atomic E-state index is 12.4. The second-order valence-electron chi connectivity index (χ2n) is 5.17. The molecular weight excluding hydrogens is 290 g/mol. The highest BCUT2D eigenvalue weighted by Gasteiger charge is 2.18. The van der Waals surface area contributed by atoms with Crippen molar-refractivity contribution in [2.45, 2.75) is 38.3 Å². The lowest BCUT2D eigenvalue weighted by molar-refractivity contribution is 0.281. The van der Waals surface area contributed by atoms with Gasteiger partial charge in [0.15, 0.2) is 0 Å². The highest BCUT2D eigenvalue weighted by atomic mass is 32.2. The van der Waals surface area contributed by atoms with Crippen molar-refractivity contribution in [2.75, 3.05) is 4.72 Å². The SMILES string of the molecule is Cc1ccc(CO)cc1S(=O)(=O)Nc1cnn(C(C)C)c1. The number of aliphatic hydroxyl groups excluding tert-OH is 1. The smallest absolute Gasteiger partial charge is 0.262 e. The Kier molecular flexibility index (Phi) is 4.34. The van der Waals surface area contributed by atoms with Crippen molar-refractivity contribution in [3.63, 3.8) is 0 Å². The van der Waals surface area contributed by atoms with Crippen molar-refractivity contribution in [1.82, 2.24) is 9.78 Å². The fourth-order valence-corrected chi connectivity index (χ4v) is 3.24. The van der Waals surface area contributed by atoms with Crippen LogP contribution < -0.4 is 4.72 Å². The third-order valence-corrected chi connectivity index (χ3v) is 4.63. The van der Waals surface area contributed by atoms with Gasteiger partial charge in [-0.1, -0.05) is 12.1 Å². The third kappa shape index (κ3) is 3.43. The minimum absolute atomic E-state index is 0.155. The lowest BCUT2D eigenvalue weighted by atomic mass is 10.2. The number of nitrogens with one attached hydrogen (secondary N) is 1. The summed E-state index contributed by atoms with van der Waals surface area (Å²) in [6.45, 7) is 5.43. The molecule has 0 bridgehead atoms. The molecule has 0 amide bonds. The predicted molar refractivity (Wildman–Crippen MR) is 80.5 cm³/mol. The van der Waals surface area contributed by atoms with Gasteiger partial charge in [-0.15, -0.1) is 0 Å². The van der Waals surface area contributed by atoms with Crippen molar-refractivity contribution in [1.29, 1.82) is 0 Å². The summed E-state index contributed by atoms with van der Waals surface area (Å²) in [5.41, 5.74) is 1.59. The summed E-state index contributed by atoms with van der Waals surface area (Å²) in [6.07, 6.45) is 3.12. The number of anilines is 1. The molecule has 2 N–H and O–H groups in total. The van der Waals surface area contributed by atoms with Crippen LogP contribution in [-0.4, -0.2) is 23.3 Å². The number of hydrogen-bond acceptors (Lipinski definition) is 4. The van der Waals surface area contributed by atoms with E-state index in [0.29, 0.717) is 16.8 Å². The first-order valence-corrected chi connectivity index (χ1v) is 8.09. The first-order chi connectivity index (χ1) is 9.83. The minimum Gasteiger partial charge on any atom is -0.392 e. The lowest BCUT2D eigenvalue weighted by Gasteiger charge is -2.10. The molecule has 0 saturated carbocycles. The van der Waals surface area contributed by atoms with E-state index in [1.165, 1.54) is 12.3 Å². The lowest BCUT2D eigenvalue weighted by Crippen LogP contribution is -2.14. The van der Waals surface area contributed by atoms with E-state index >= 15 is 0 Å². The van der Waals surface area contributed by atoms with E-state index in [1.54, 1.807) is 29.9 Å². The predicted octanol–water partition coefficient (Wildman–Crippen LogP) is 2.07. The summed E-state index contributed by atoms with van der Waals surface area (Å²) in [6, 6.07) is 5.01. The Balaban J connectivity index is 2.33. The largest absolute Gasteiger partial charge is 0.392 e. The van der Waals surface area contributed by atoms with Gasteiger partial charge in [0.1, 0.15) is 0 Å². The van der Waals surface area contributed by atoms with Crippen LogP contribution in [0.5, 0.6) is 0 Å². The second-order valence-corrected chi connectivity index (χ2v) is 6.82. The molecule has 0 fully saturated rings. The van der Waals surface area contributed by atoms with Crippen LogP contribution in [-0.2, 0) is 16.6 Å². The van der Waals surface area contributed by atoms with Crippen molar-refractivity contribution in [3.8, 4) is 0 Å². The van der Waals surface area contributed by atoms with Crippen LogP contribution in [0.25, 0.3) is 0 Å². The van der Waals surface area contributed by atoms with E-state index in [1.807, 2.05) is 13.8 Å². The molecular formula is C14H19N3O3S. The van der Waals surface area contributed by atoms with Gasteiger partial charge in [0.25, 0.3) is 10.0 Å². The number of nitrogens with zero attached hydrogens (tertiary/aromatic N) is 2. The van der Waals surface area contributed by atoms with Crippen LogP contribution in [0.15, 0.2) is 35.5 Å². The first kappa shape index (κ1) is 15.5. The van der Waals surface area contributed by atoms with Gasteiger partial charge in [-0.05, 0) is 38.0 Å². The van der Waals surface area contributed by atoms with E-state index < -0.39 is 10.0 Å². The zero-order valence-corrected chi connectivity index (χ0v) is 13.1. The maximum atomic E-state index is 12.4. The van der Waals surface area contributed by atoms with Crippen LogP contribution in [0.1, 0.15) is 31.0 Å². The summed E-state index contributed by atoms with van der Waals surface area (Å²) in [4.78, 5) is 0.159. The second kappa shape index (κ2) is 5.87. The highest BCUT2D eigenvalue weighted by Crippen LogP contribution is 2.21. The molecule has 6 nitrogen and oxygen atoms in total. The molecule has 0 unspecified atom stereocenters. The van der Waals surface area contributed by atoms with Gasteiger partial charge in [0, 0.05) is 12.2 Å². The van der Waals surface area contributed by atoms with E-state index in [4.69, 9.17) is 5.11 Å². The molecule has 7 heteroatoms. The van der Waals surface area contributed by atoms with Gasteiger partial charge in [-0.2, -0.15) is 5.10 Å². The Morgan fingerprint density at radius 1 is 1.38 bits per heavy atom. The van der Waals surface area contributed by atoms with E-state index in [2.05, 4.69) is 9.82 Å². The number of aryl methyl sites for hydroxylation is 1. The van der Waals surface area contributed by atoms with Crippen molar-refractivity contribution >= 4 is 15.7 Å². The van der Waals surface area contributed by atoms with Crippen LogP contribution in [0.4, 0.5) is 5.69 Å². The normalized spacial score (nSPS) is 11.9. The number of aromatic nitrogens is 2. The summed E-state index contributed by atoms with van der Waals surface area (Å²) in [5.74, 6) is 0. The quantitative estimate of drug-likeness (QED) is 0.885. The minimum atomic E-state index is -3.70. The van der Waals surface area contributed by atoms with Gasteiger partial charge < -0.3 is 5.11 Å². The molecule has 0 aliphatic carbocycles. The molecule has 21 heavy (non-hydrogen) atoms. The van der Waals surface area contributed by atoms with Crippen LogP contribution in [0.2, 0.25) is 0 Å². The fraction of sp³-hybridized carbons (Fsp3) is 0.357. The summed E-state index contributed by atoms with van der Waals surface area (Å²) in [5, 5.41) is 13.2. The molecule has 1 heterocycles. The van der Waals surface area contributed by atoms with Crippen molar-refractivity contribution in [2.24, 2.45) is 0 Å². The van der Waals surface area contributed by atoms with Gasteiger partial charge in [-0.3, -0.25) is 9.40 Å². The molecule has 0 radical (unpaired) electrons. The van der Waals surface area contributed by atoms with E-state index in [0.717, 1.165) is 0 Å². The maximum Gasteiger partial charge on any atom is 0.262 e. The Bertz CT molecular complexity index is 736. The zero-order chi connectivity index (χ0) is 15.6. The average Bonchev–Trinajstić information content (AvgIpc) is 2.87. The third-order valence-electron chi connectivity index (χ3n) is 3.11. The Morgan fingerprint density at radius 2 is 2.10 bits per heavy atom. The highest BCUT2D eigenvalue weighted by molar-refractivity contribution is 7.92. The monoisotopic (exact) mass is 309 g/mol. The van der Waals surface area contributed by atoms with Crippen molar-refractivity contribution in [3.05, 3.63) is 41.7 Å². The first-order valence-electron chi connectivity index (χ1n) is 6.61. The van der Waals surface area contributed by atoms with Crippen molar-refractivity contribution < 1.29 is 13.5 Å². The molecule has 0 aliphatic rings. The summed E-state index contributed by atoms with van der Waals surface area (Å²) < 4.78 is 29.1. The molecule has 2 aromatic rings. The Labute approximate surface area is 124 Å². The van der Waals surface area contributed by atoms with Gasteiger partial charge in [-0.25, -0.2) is 8.42 Å². The molecule has 0 saturated heterocycles. The van der Waals surface area contributed by atoms with Crippen LogP contribution >= 0.6 is 0 Å². The van der Waals surface area contributed by atoms with E-state index in [-0.39, 0.29) is 17.5 Å². The van der Waals surface area contributed by atoms with Gasteiger partial charge in [0.05, 0.1) is 23.4 Å². The molecule has 1 aromatic heterocycles. The number of benzene rings is 1. The molecule has 0 aliphatic heterocycles. The number of rotatable bonds is 5. The average molecular weight is 309 g/mol. The zero-order valence-electron chi connectivity index (χ0n) is 12.2.